The molecule has 5 rings (SSSR count). The number of ether oxygens (including phenoxy) is 2. The van der Waals surface area contributed by atoms with Crippen LogP contribution < -0.4 is 20.3 Å². The first-order valence-electron chi connectivity index (χ1n) is 11.3. The van der Waals surface area contributed by atoms with Crippen molar-refractivity contribution in [2.45, 2.75) is 24.0 Å². The van der Waals surface area contributed by atoms with Crippen LogP contribution in [0.3, 0.4) is 0 Å². The highest BCUT2D eigenvalue weighted by atomic mass is 32.2. The van der Waals surface area contributed by atoms with Crippen molar-refractivity contribution in [3.8, 4) is 11.5 Å². The van der Waals surface area contributed by atoms with Crippen LogP contribution in [-0.4, -0.2) is 33.9 Å². The number of benzene rings is 3. The third kappa shape index (κ3) is 5.41. The van der Waals surface area contributed by atoms with Crippen LogP contribution in [0, 0.1) is 0 Å². The van der Waals surface area contributed by atoms with Crippen LogP contribution in [0.25, 0.3) is 10.9 Å². The maximum atomic E-state index is 13.3. The third-order valence-corrected chi connectivity index (χ3v) is 6.60. The normalized spacial score (nSPS) is 14.9. The van der Waals surface area contributed by atoms with Gasteiger partial charge in [0.1, 0.15) is 6.61 Å². The van der Waals surface area contributed by atoms with E-state index < -0.39 is 23.8 Å². The summed E-state index contributed by atoms with van der Waals surface area (Å²) in [6.45, 7) is 0.307. The third-order valence-electron chi connectivity index (χ3n) is 5.62. The standard InChI is InChI=1S/C26H20F3N3O4S/c27-26(28,29)18-8-2-4-10-20(18)30-23(33)15-37-25-31-19-9-3-1-7-17(19)24(34)32(25)13-16-14-35-21-11-5-6-12-22(21)36-16/h1-12,16H,13-15H2,(H,30,33). The summed E-state index contributed by atoms with van der Waals surface area (Å²) in [5.74, 6) is 0.231. The van der Waals surface area contributed by atoms with Gasteiger partial charge in [-0.25, -0.2) is 4.98 Å². The van der Waals surface area contributed by atoms with Gasteiger partial charge in [0, 0.05) is 0 Å². The van der Waals surface area contributed by atoms with Crippen molar-refractivity contribution < 1.29 is 27.4 Å². The molecule has 4 aromatic rings. The van der Waals surface area contributed by atoms with Crippen molar-refractivity contribution >= 4 is 34.3 Å². The van der Waals surface area contributed by atoms with Crippen LogP contribution in [0.2, 0.25) is 0 Å². The van der Waals surface area contributed by atoms with Gasteiger partial charge in [-0.05, 0) is 36.4 Å². The Morgan fingerprint density at radius 3 is 2.54 bits per heavy atom. The summed E-state index contributed by atoms with van der Waals surface area (Å²) in [7, 11) is 0. The summed E-state index contributed by atoms with van der Waals surface area (Å²) >= 11 is 0.953. The van der Waals surface area contributed by atoms with Crippen molar-refractivity contribution in [2.75, 3.05) is 17.7 Å². The van der Waals surface area contributed by atoms with E-state index in [1.807, 2.05) is 12.1 Å². The molecule has 0 spiro atoms. The largest absolute Gasteiger partial charge is 0.486 e. The number of anilines is 1. The van der Waals surface area contributed by atoms with Crippen LogP contribution in [0.1, 0.15) is 5.56 Å². The number of thioether (sulfide) groups is 1. The monoisotopic (exact) mass is 527 g/mol. The first-order chi connectivity index (χ1) is 17.8. The van der Waals surface area contributed by atoms with E-state index in [4.69, 9.17) is 9.47 Å². The lowest BCUT2D eigenvalue weighted by Crippen LogP contribution is -2.37. The lowest BCUT2D eigenvalue weighted by molar-refractivity contribution is -0.137. The number of alkyl halides is 3. The highest BCUT2D eigenvalue weighted by molar-refractivity contribution is 7.99. The minimum absolute atomic E-state index is 0.103. The summed E-state index contributed by atoms with van der Waals surface area (Å²) in [6.07, 6.45) is -5.11. The fourth-order valence-corrected chi connectivity index (χ4v) is 4.74. The molecule has 1 aliphatic rings. The van der Waals surface area contributed by atoms with E-state index in [0.29, 0.717) is 22.4 Å². The van der Waals surface area contributed by atoms with E-state index in [2.05, 4.69) is 10.3 Å². The molecule has 0 bridgehead atoms. The molecule has 0 saturated heterocycles. The van der Waals surface area contributed by atoms with E-state index in [1.165, 1.54) is 22.8 Å². The number of amides is 1. The molecule has 0 radical (unpaired) electrons. The fraction of sp³-hybridized carbons (Fsp3) is 0.192. The first kappa shape index (κ1) is 24.7. The van der Waals surface area contributed by atoms with Gasteiger partial charge in [-0.2, -0.15) is 13.2 Å². The molecule has 190 valence electrons. The van der Waals surface area contributed by atoms with Crippen molar-refractivity contribution in [3.63, 3.8) is 0 Å². The van der Waals surface area contributed by atoms with Crippen molar-refractivity contribution in [2.24, 2.45) is 0 Å². The molecule has 11 heteroatoms. The molecule has 1 unspecified atom stereocenters. The second kappa shape index (κ2) is 10.2. The van der Waals surface area contributed by atoms with Crippen molar-refractivity contribution in [1.29, 1.82) is 0 Å². The number of nitrogens with one attached hydrogen (secondary N) is 1. The predicted octanol–water partition coefficient (Wildman–Crippen LogP) is 4.99. The lowest BCUT2D eigenvalue weighted by Gasteiger charge is -2.27. The van der Waals surface area contributed by atoms with Gasteiger partial charge in [-0.3, -0.25) is 14.2 Å². The van der Waals surface area contributed by atoms with Crippen LogP contribution in [0.15, 0.2) is 82.7 Å². The Labute approximate surface area is 213 Å². The predicted molar refractivity (Wildman–Crippen MR) is 133 cm³/mol. The van der Waals surface area contributed by atoms with Gasteiger partial charge in [-0.15, -0.1) is 0 Å². The van der Waals surface area contributed by atoms with Crippen LogP contribution in [0.4, 0.5) is 18.9 Å². The number of nitrogens with zero attached hydrogens (tertiary/aromatic N) is 2. The maximum Gasteiger partial charge on any atom is 0.418 e. The highest BCUT2D eigenvalue weighted by Gasteiger charge is 2.33. The molecular formula is C26H20F3N3O4S. The number of rotatable bonds is 6. The number of carbonyl (C=O) groups is 1. The number of para-hydroxylation sites is 4. The quantitative estimate of drug-likeness (QED) is 0.281. The number of fused-ring (bicyclic) bond motifs is 2. The Balaban J connectivity index is 1.38. The molecule has 1 N–H and O–H groups in total. The molecular weight excluding hydrogens is 507 g/mol. The number of hydrogen-bond donors (Lipinski definition) is 1. The molecule has 1 amide bonds. The zero-order chi connectivity index (χ0) is 26.0. The molecule has 1 atom stereocenters. The zero-order valence-electron chi connectivity index (χ0n) is 19.2. The van der Waals surface area contributed by atoms with Gasteiger partial charge in [0.05, 0.1) is 34.5 Å². The number of carbonyl (C=O) groups excluding carboxylic acids is 1. The van der Waals surface area contributed by atoms with E-state index in [0.717, 1.165) is 17.8 Å². The molecule has 1 aromatic heterocycles. The second-order valence-electron chi connectivity index (χ2n) is 8.21. The first-order valence-corrected chi connectivity index (χ1v) is 12.2. The van der Waals surface area contributed by atoms with Gasteiger partial charge >= 0.3 is 6.18 Å². The van der Waals surface area contributed by atoms with E-state index in [9.17, 15) is 22.8 Å². The molecule has 7 nitrogen and oxygen atoms in total. The number of aromatic nitrogens is 2. The lowest BCUT2D eigenvalue weighted by atomic mass is 10.1. The summed E-state index contributed by atoms with van der Waals surface area (Å²) in [5.41, 5.74) is -1.15. The molecule has 0 aliphatic carbocycles. The molecule has 37 heavy (non-hydrogen) atoms. The van der Waals surface area contributed by atoms with Gasteiger partial charge in [-0.1, -0.05) is 48.2 Å². The van der Waals surface area contributed by atoms with Crippen LogP contribution in [-0.2, 0) is 17.5 Å². The summed E-state index contributed by atoms with van der Waals surface area (Å²) < 4.78 is 53.0. The van der Waals surface area contributed by atoms with Crippen LogP contribution in [0.5, 0.6) is 11.5 Å². The Morgan fingerprint density at radius 2 is 1.73 bits per heavy atom. The van der Waals surface area contributed by atoms with E-state index >= 15 is 0 Å². The summed E-state index contributed by atoms with van der Waals surface area (Å²) in [6, 6.07) is 18.7. The van der Waals surface area contributed by atoms with Gasteiger partial charge < -0.3 is 14.8 Å². The SMILES string of the molecule is O=C(CSc1nc2ccccc2c(=O)n1CC1COc2ccccc2O1)Nc1ccccc1C(F)(F)F. The Morgan fingerprint density at radius 1 is 1.03 bits per heavy atom. The fourth-order valence-electron chi connectivity index (χ4n) is 3.93. The zero-order valence-corrected chi connectivity index (χ0v) is 20.0. The molecule has 0 saturated carbocycles. The Hall–Kier alpha value is -3.99. The minimum atomic E-state index is -4.61. The van der Waals surface area contributed by atoms with Gasteiger partial charge in [0.2, 0.25) is 5.91 Å². The molecule has 3 aromatic carbocycles. The molecule has 1 aliphatic heterocycles. The number of halogens is 3. The minimum Gasteiger partial charge on any atom is -0.486 e. The highest BCUT2D eigenvalue weighted by Crippen LogP contribution is 2.35. The van der Waals surface area contributed by atoms with Crippen LogP contribution >= 0.6 is 11.8 Å². The summed E-state index contributed by atoms with van der Waals surface area (Å²) in [5, 5.41) is 2.95. The number of hydrogen-bond acceptors (Lipinski definition) is 6. The van der Waals surface area contributed by atoms with Gasteiger partial charge in [0.25, 0.3) is 5.56 Å². The second-order valence-corrected chi connectivity index (χ2v) is 9.15. The smallest absolute Gasteiger partial charge is 0.418 e. The maximum absolute atomic E-state index is 13.3. The Kier molecular flexibility index (Phi) is 6.79. The van der Waals surface area contributed by atoms with Gasteiger partial charge in [0.15, 0.2) is 22.8 Å². The molecule has 0 fully saturated rings. The average Bonchev–Trinajstić information content (AvgIpc) is 2.89. The topological polar surface area (TPSA) is 82.5 Å². The van der Waals surface area contributed by atoms with Crippen molar-refractivity contribution in [1.82, 2.24) is 9.55 Å². The average molecular weight is 528 g/mol. The van der Waals surface area contributed by atoms with E-state index in [-0.39, 0.29) is 35.3 Å². The molecule has 2 heterocycles. The van der Waals surface area contributed by atoms with Crippen molar-refractivity contribution in [3.05, 3.63) is 88.7 Å². The Bertz CT molecular complexity index is 1520. The van der Waals surface area contributed by atoms with E-state index in [1.54, 1.807) is 36.4 Å². The summed E-state index contributed by atoms with van der Waals surface area (Å²) in [4.78, 5) is 30.5.